The largest absolute Gasteiger partial charge is 0.402 e. The lowest BCUT2D eigenvalue weighted by molar-refractivity contribution is -0.119. The Bertz CT molecular complexity index is 186. The van der Waals surface area contributed by atoms with E-state index in [0.717, 1.165) is 12.8 Å². The molecule has 1 saturated carbocycles. The number of rotatable bonds is 2. The smallest absolute Gasteiger partial charge is 0.160 e. The summed E-state index contributed by atoms with van der Waals surface area (Å²) in [4.78, 5) is 11.5. The normalized spacial score (nSPS) is 20.9. The molecule has 68 valence electrons. The standard InChI is InChI=1S/C10H17NO/c1-8(11)7-10(12)9-5-3-2-4-6-9/h7,9H,2-6,11H2,1H3/b8-7-. The summed E-state index contributed by atoms with van der Waals surface area (Å²) in [7, 11) is 0. The van der Waals surface area contributed by atoms with Crippen molar-refractivity contribution < 1.29 is 4.79 Å². The van der Waals surface area contributed by atoms with Crippen LogP contribution in [0.1, 0.15) is 39.0 Å². The van der Waals surface area contributed by atoms with Crippen molar-refractivity contribution in [2.75, 3.05) is 0 Å². The third-order valence-corrected chi connectivity index (χ3v) is 2.38. The second-order valence-corrected chi connectivity index (χ2v) is 3.63. The topological polar surface area (TPSA) is 43.1 Å². The number of ketones is 1. The van der Waals surface area contributed by atoms with Gasteiger partial charge in [0.1, 0.15) is 0 Å². The lowest BCUT2D eigenvalue weighted by Crippen LogP contribution is -2.16. The molecule has 2 nitrogen and oxygen atoms in total. The maximum Gasteiger partial charge on any atom is 0.160 e. The molecule has 0 atom stereocenters. The van der Waals surface area contributed by atoms with Gasteiger partial charge in [-0.1, -0.05) is 19.3 Å². The van der Waals surface area contributed by atoms with Gasteiger partial charge in [-0.3, -0.25) is 4.79 Å². The molecule has 12 heavy (non-hydrogen) atoms. The van der Waals surface area contributed by atoms with E-state index in [9.17, 15) is 4.79 Å². The van der Waals surface area contributed by atoms with Gasteiger partial charge in [0.25, 0.3) is 0 Å². The predicted octanol–water partition coefficient (Wildman–Crippen LogP) is 2.00. The van der Waals surface area contributed by atoms with Crippen LogP contribution in [0.2, 0.25) is 0 Å². The Hall–Kier alpha value is -0.790. The molecule has 1 aliphatic carbocycles. The van der Waals surface area contributed by atoms with E-state index < -0.39 is 0 Å². The Labute approximate surface area is 73.8 Å². The molecule has 0 aromatic carbocycles. The minimum absolute atomic E-state index is 0.231. The van der Waals surface area contributed by atoms with Crippen molar-refractivity contribution >= 4 is 5.78 Å². The molecular weight excluding hydrogens is 150 g/mol. The summed E-state index contributed by atoms with van der Waals surface area (Å²) in [5, 5.41) is 0. The third-order valence-electron chi connectivity index (χ3n) is 2.38. The van der Waals surface area contributed by atoms with Gasteiger partial charge in [0.05, 0.1) is 0 Å². The Morgan fingerprint density at radius 2 is 1.92 bits per heavy atom. The van der Waals surface area contributed by atoms with Gasteiger partial charge in [-0.05, 0) is 25.8 Å². The van der Waals surface area contributed by atoms with Crippen LogP contribution in [-0.4, -0.2) is 5.78 Å². The number of carbonyl (C=O) groups is 1. The van der Waals surface area contributed by atoms with Gasteiger partial charge >= 0.3 is 0 Å². The molecule has 0 unspecified atom stereocenters. The van der Waals surface area contributed by atoms with Crippen LogP contribution in [0.25, 0.3) is 0 Å². The number of hydrogen-bond acceptors (Lipinski definition) is 2. The van der Waals surface area contributed by atoms with E-state index in [4.69, 9.17) is 5.73 Å². The van der Waals surface area contributed by atoms with E-state index in [1.54, 1.807) is 13.0 Å². The first kappa shape index (κ1) is 9.30. The first-order valence-electron chi connectivity index (χ1n) is 4.68. The first-order chi connectivity index (χ1) is 5.70. The van der Waals surface area contributed by atoms with E-state index >= 15 is 0 Å². The maximum absolute atomic E-state index is 11.5. The average molecular weight is 167 g/mol. The minimum atomic E-state index is 0.231. The van der Waals surface area contributed by atoms with Crippen LogP contribution in [0.15, 0.2) is 11.8 Å². The van der Waals surface area contributed by atoms with Crippen molar-refractivity contribution in [1.29, 1.82) is 0 Å². The molecule has 0 heterocycles. The molecule has 0 aliphatic heterocycles. The zero-order chi connectivity index (χ0) is 8.97. The zero-order valence-electron chi connectivity index (χ0n) is 7.68. The summed E-state index contributed by atoms with van der Waals surface area (Å²) in [6, 6.07) is 0. The highest BCUT2D eigenvalue weighted by Crippen LogP contribution is 2.24. The van der Waals surface area contributed by atoms with Gasteiger partial charge in [-0.25, -0.2) is 0 Å². The van der Waals surface area contributed by atoms with Crippen LogP contribution in [0.5, 0.6) is 0 Å². The molecule has 0 bridgehead atoms. The fourth-order valence-corrected chi connectivity index (χ4v) is 1.73. The Morgan fingerprint density at radius 3 is 2.42 bits per heavy atom. The highest BCUT2D eigenvalue weighted by Gasteiger charge is 2.18. The van der Waals surface area contributed by atoms with Gasteiger partial charge in [0.2, 0.25) is 0 Å². The van der Waals surface area contributed by atoms with Crippen LogP contribution in [0, 0.1) is 5.92 Å². The monoisotopic (exact) mass is 167 g/mol. The van der Waals surface area contributed by atoms with Crippen LogP contribution in [0.3, 0.4) is 0 Å². The van der Waals surface area contributed by atoms with Gasteiger partial charge in [0, 0.05) is 11.6 Å². The molecule has 1 fully saturated rings. The molecule has 0 radical (unpaired) electrons. The van der Waals surface area contributed by atoms with Gasteiger partial charge < -0.3 is 5.73 Å². The van der Waals surface area contributed by atoms with Crippen LogP contribution >= 0.6 is 0 Å². The summed E-state index contributed by atoms with van der Waals surface area (Å²) < 4.78 is 0. The highest BCUT2D eigenvalue weighted by molar-refractivity contribution is 5.92. The van der Waals surface area contributed by atoms with Crippen molar-refractivity contribution in [3.63, 3.8) is 0 Å². The van der Waals surface area contributed by atoms with Crippen molar-refractivity contribution in [2.24, 2.45) is 11.7 Å². The van der Waals surface area contributed by atoms with Gasteiger partial charge in [0.15, 0.2) is 5.78 Å². The summed E-state index contributed by atoms with van der Waals surface area (Å²) in [5.41, 5.74) is 6.07. The Kier molecular flexibility index (Phi) is 3.32. The molecular formula is C10H17NO. The number of nitrogens with two attached hydrogens (primary N) is 1. The third kappa shape index (κ3) is 2.68. The van der Waals surface area contributed by atoms with Gasteiger partial charge in [-0.15, -0.1) is 0 Å². The summed E-state index contributed by atoms with van der Waals surface area (Å²) >= 11 is 0. The van der Waals surface area contributed by atoms with E-state index in [2.05, 4.69) is 0 Å². The number of allylic oxidation sites excluding steroid dienone is 2. The fourth-order valence-electron chi connectivity index (χ4n) is 1.73. The summed E-state index contributed by atoms with van der Waals surface area (Å²) in [6.45, 7) is 1.76. The molecule has 0 aromatic rings. The molecule has 0 saturated heterocycles. The quantitative estimate of drug-likeness (QED) is 0.639. The summed E-state index contributed by atoms with van der Waals surface area (Å²) in [6.07, 6.45) is 7.39. The molecule has 1 aliphatic rings. The van der Waals surface area contributed by atoms with Crippen LogP contribution in [0.4, 0.5) is 0 Å². The SMILES string of the molecule is C/C(N)=C/C(=O)C1CCCCC1. The number of hydrogen-bond donors (Lipinski definition) is 1. The van der Waals surface area contributed by atoms with Crippen LogP contribution < -0.4 is 5.73 Å². The van der Waals surface area contributed by atoms with Gasteiger partial charge in [-0.2, -0.15) is 0 Å². The molecule has 0 aromatic heterocycles. The summed E-state index contributed by atoms with van der Waals surface area (Å²) in [5.74, 6) is 0.493. The molecule has 0 spiro atoms. The van der Waals surface area contributed by atoms with Crippen molar-refractivity contribution in [2.45, 2.75) is 39.0 Å². The van der Waals surface area contributed by atoms with E-state index in [-0.39, 0.29) is 11.7 Å². The maximum atomic E-state index is 11.5. The molecule has 1 rings (SSSR count). The lowest BCUT2D eigenvalue weighted by Gasteiger charge is -2.18. The zero-order valence-corrected chi connectivity index (χ0v) is 7.68. The van der Waals surface area contributed by atoms with E-state index in [1.165, 1.54) is 19.3 Å². The Morgan fingerprint density at radius 1 is 1.33 bits per heavy atom. The van der Waals surface area contributed by atoms with E-state index in [0.29, 0.717) is 5.70 Å². The molecule has 2 heteroatoms. The fraction of sp³-hybridized carbons (Fsp3) is 0.700. The molecule has 0 amide bonds. The van der Waals surface area contributed by atoms with Crippen LogP contribution in [-0.2, 0) is 4.79 Å². The predicted molar refractivity (Wildman–Crippen MR) is 49.5 cm³/mol. The second-order valence-electron chi connectivity index (χ2n) is 3.63. The average Bonchev–Trinajstić information content (AvgIpc) is 2.05. The van der Waals surface area contributed by atoms with Crippen molar-refractivity contribution in [1.82, 2.24) is 0 Å². The van der Waals surface area contributed by atoms with Crippen molar-refractivity contribution in [3.05, 3.63) is 11.8 Å². The minimum Gasteiger partial charge on any atom is -0.402 e. The second kappa shape index (κ2) is 4.29. The number of carbonyl (C=O) groups excluding carboxylic acids is 1. The highest BCUT2D eigenvalue weighted by atomic mass is 16.1. The molecule has 2 N–H and O–H groups in total. The van der Waals surface area contributed by atoms with Crippen molar-refractivity contribution in [3.8, 4) is 0 Å². The Balaban J connectivity index is 2.45. The first-order valence-corrected chi connectivity index (χ1v) is 4.68. The van der Waals surface area contributed by atoms with E-state index in [1.807, 2.05) is 0 Å². The lowest BCUT2D eigenvalue weighted by atomic mass is 9.86.